The van der Waals surface area contributed by atoms with Crippen molar-refractivity contribution < 1.29 is 9.53 Å². The number of hydrogen-bond donors (Lipinski definition) is 1. The van der Waals surface area contributed by atoms with E-state index in [0.717, 1.165) is 26.8 Å². The molecule has 0 bridgehead atoms. The summed E-state index contributed by atoms with van der Waals surface area (Å²) in [4.78, 5) is 14.5. The van der Waals surface area contributed by atoms with Crippen LogP contribution in [0.1, 0.15) is 0 Å². The number of ether oxygens (including phenoxy) is 1. The van der Waals surface area contributed by atoms with Crippen LogP contribution in [0.25, 0.3) is 10.4 Å². The summed E-state index contributed by atoms with van der Waals surface area (Å²) in [5, 5.41) is 5.05. The van der Waals surface area contributed by atoms with E-state index in [1.807, 2.05) is 60.0 Å². The lowest BCUT2D eigenvalue weighted by atomic mass is 10.1. The standard InChI is InChI=1S/C19H17NO2S2/c1-22-14-8-10-15(11-9-14)24-13-19(21)20-17-6-3-2-5-16(17)18-7-4-12-23-18/h2-12H,13H2,1H3,(H,20,21). The van der Waals surface area contributed by atoms with Crippen molar-refractivity contribution in [3.8, 4) is 16.2 Å². The van der Waals surface area contributed by atoms with Crippen molar-refractivity contribution in [1.82, 2.24) is 0 Å². The summed E-state index contributed by atoms with van der Waals surface area (Å²) < 4.78 is 5.13. The van der Waals surface area contributed by atoms with E-state index in [1.54, 1.807) is 18.4 Å². The largest absolute Gasteiger partial charge is 0.497 e. The van der Waals surface area contributed by atoms with Gasteiger partial charge in [0.2, 0.25) is 5.91 Å². The molecule has 3 rings (SSSR count). The zero-order chi connectivity index (χ0) is 16.8. The van der Waals surface area contributed by atoms with Crippen LogP contribution in [-0.2, 0) is 4.79 Å². The first-order valence-corrected chi connectivity index (χ1v) is 9.32. The van der Waals surface area contributed by atoms with E-state index in [9.17, 15) is 4.79 Å². The zero-order valence-electron chi connectivity index (χ0n) is 13.2. The predicted octanol–water partition coefficient (Wildman–Crippen LogP) is 5.15. The lowest BCUT2D eigenvalue weighted by molar-refractivity contribution is -0.113. The van der Waals surface area contributed by atoms with Gasteiger partial charge in [0.1, 0.15) is 5.75 Å². The molecule has 0 radical (unpaired) electrons. The molecule has 0 aliphatic rings. The van der Waals surface area contributed by atoms with Crippen LogP contribution < -0.4 is 10.1 Å². The minimum atomic E-state index is -0.0141. The van der Waals surface area contributed by atoms with Gasteiger partial charge in [-0.05, 0) is 41.8 Å². The Hall–Kier alpha value is -2.24. The van der Waals surface area contributed by atoms with Gasteiger partial charge in [-0.3, -0.25) is 4.79 Å². The summed E-state index contributed by atoms with van der Waals surface area (Å²) in [7, 11) is 1.64. The van der Waals surface area contributed by atoms with Gasteiger partial charge in [-0.1, -0.05) is 24.3 Å². The molecule has 2 aromatic carbocycles. The van der Waals surface area contributed by atoms with E-state index in [4.69, 9.17) is 4.74 Å². The lowest BCUT2D eigenvalue weighted by Gasteiger charge is -2.10. The molecule has 0 unspecified atom stereocenters. The van der Waals surface area contributed by atoms with Gasteiger partial charge < -0.3 is 10.1 Å². The molecular formula is C19H17NO2S2. The molecule has 0 fully saturated rings. The highest BCUT2D eigenvalue weighted by Gasteiger charge is 2.09. The van der Waals surface area contributed by atoms with Gasteiger partial charge >= 0.3 is 0 Å². The number of thiophene rings is 1. The molecule has 0 atom stereocenters. The molecule has 3 aromatic rings. The first kappa shape index (κ1) is 16.6. The number of carbonyl (C=O) groups excluding carboxylic acids is 1. The molecule has 1 heterocycles. The molecule has 0 saturated carbocycles. The number of thioether (sulfide) groups is 1. The Balaban J connectivity index is 1.63. The third-order valence-electron chi connectivity index (χ3n) is 3.42. The summed E-state index contributed by atoms with van der Waals surface area (Å²) in [6.07, 6.45) is 0. The topological polar surface area (TPSA) is 38.3 Å². The number of hydrogen-bond acceptors (Lipinski definition) is 4. The molecule has 1 aromatic heterocycles. The molecule has 1 N–H and O–H groups in total. The van der Waals surface area contributed by atoms with E-state index < -0.39 is 0 Å². The maximum Gasteiger partial charge on any atom is 0.234 e. The SMILES string of the molecule is COc1ccc(SCC(=O)Nc2ccccc2-c2cccs2)cc1. The Kier molecular flexibility index (Phi) is 5.56. The average molecular weight is 355 g/mol. The molecule has 0 saturated heterocycles. The van der Waals surface area contributed by atoms with Gasteiger partial charge in [-0.2, -0.15) is 0 Å². The van der Waals surface area contributed by atoms with E-state index in [1.165, 1.54) is 11.8 Å². The molecule has 1 amide bonds. The molecule has 0 aliphatic carbocycles. The highest BCUT2D eigenvalue weighted by atomic mass is 32.2. The van der Waals surface area contributed by atoms with Crippen LogP contribution in [0.2, 0.25) is 0 Å². The highest BCUT2D eigenvalue weighted by Crippen LogP contribution is 2.31. The Bertz CT molecular complexity index is 798. The molecule has 24 heavy (non-hydrogen) atoms. The Morgan fingerprint density at radius 2 is 1.88 bits per heavy atom. The van der Waals surface area contributed by atoms with Crippen molar-refractivity contribution in [2.45, 2.75) is 4.90 Å². The number of rotatable bonds is 6. The Morgan fingerprint density at radius 1 is 1.08 bits per heavy atom. The molecule has 122 valence electrons. The van der Waals surface area contributed by atoms with Gasteiger partial charge in [-0.15, -0.1) is 23.1 Å². The Morgan fingerprint density at radius 3 is 2.58 bits per heavy atom. The maximum absolute atomic E-state index is 12.3. The second-order valence-corrected chi connectivity index (χ2v) is 7.03. The van der Waals surface area contributed by atoms with Gasteiger partial charge in [0.25, 0.3) is 0 Å². The second-order valence-electron chi connectivity index (χ2n) is 5.04. The normalized spacial score (nSPS) is 10.4. The predicted molar refractivity (Wildman–Crippen MR) is 102 cm³/mol. The number of benzene rings is 2. The van der Waals surface area contributed by atoms with Crippen LogP contribution in [0.4, 0.5) is 5.69 Å². The number of amides is 1. The smallest absolute Gasteiger partial charge is 0.234 e. The summed E-state index contributed by atoms with van der Waals surface area (Å²) in [6.45, 7) is 0. The number of anilines is 1. The van der Waals surface area contributed by atoms with Crippen LogP contribution in [-0.4, -0.2) is 18.8 Å². The monoisotopic (exact) mass is 355 g/mol. The number of para-hydroxylation sites is 1. The lowest BCUT2D eigenvalue weighted by Crippen LogP contribution is -2.14. The summed E-state index contributed by atoms with van der Waals surface area (Å²) in [5.74, 6) is 1.17. The number of nitrogens with one attached hydrogen (secondary N) is 1. The average Bonchev–Trinajstić information content (AvgIpc) is 3.15. The summed E-state index contributed by atoms with van der Waals surface area (Å²) >= 11 is 3.17. The minimum Gasteiger partial charge on any atom is -0.497 e. The van der Waals surface area contributed by atoms with Crippen molar-refractivity contribution in [2.24, 2.45) is 0 Å². The van der Waals surface area contributed by atoms with E-state index in [-0.39, 0.29) is 5.91 Å². The van der Waals surface area contributed by atoms with E-state index >= 15 is 0 Å². The van der Waals surface area contributed by atoms with Crippen LogP contribution >= 0.6 is 23.1 Å². The Labute approximate surface area is 149 Å². The minimum absolute atomic E-state index is 0.0141. The van der Waals surface area contributed by atoms with Crippen LogP contribution in [0.15, 0.2) is 70.9 Å². The quantitative estimate of drug-likeness (QED) is 0.621. The third-order valence-corrected chi connectivity index (χ3v) is 5.33. The van der Waals surface area contributed by atoms with Gasteiger partial charge in [0.15, 0.2) is 0 Å². The van der Waals surface area contributed by atoms with Crippen LogP contribution in [0.5, 0.6) is 5.75 Å². The molecular weight excluding hydrogens is 338 g/mol. The molecule has 5 heteroatoms. The summed E-state index contributed by atoms with van der Waals surface area (Å²) in [5.41, 5.74) is 1.90. The summed E-state index contributed by atoms with van der Waals surface area (Å²) in [6, 6.07) is 19.6. The third kappa shape index (κ3) is 4.19. The number of methoxy groups -OCH3 is 1. The van der Waals surface area contributed by atoms with E-state index in [0.29, 0.717) is 5.75 Å². The van der Waals surface area contributed by atoms with Crippen LogP contribution in [0.3, 0.4) is 0 Å². The maximum atomic E-state index is 12.3. The molecule has 3 nitrogen and oxygen atoms in total. The first-order valence-electron chi connectivity index (χ1n) is 7.46. The fraction of sp³-hybridized carbons (Fsp3) is 0.105. The van der Waals surface area contributed by atoms with Crippen molar-refractivity contribution >= 4 is 34.7 Å². The van der Waals surface area contributed by atoms with E-state index in [2.05, 4.69) is 11.4 Å². The van der Waals surface area contributed by atoms with Crippen LogP contribution in [0, 0.1) is 0 Å². The van der Waals surface area contributed by atoms with Crippen molar-refractivity contribution in [2.75, 3.05) is 18.2 Å². The van der Waals surface area contributed by atoms with Crippen molar-refractivity contribution in [3.63, 3.8) is 0 Å². The second kappa shape index (κ2) is 8.04. The zero-order valence-corrected chi connectivity index (χ0v) is 14.8. The van der Waals surface area contributed by atoms with Crippen molar-refractivity contribution in [1.29, 1.82) is 0 Å². The fourth-order valence-corrected chi connectivity index (χ4v) is 3.71. The van der Waals surface area contributed by atoms with Crippen molar-refractivity contribution in [3.05, 3.63) is 66.0 Å². The first-order chi connectivity index (χ1) is 11.8. The number of carbonyl (C=O) groups is 1. The van der Waals surface area contributed by atoms with Gasteiger partial charge in [-0.25, -0.2) is 0 Å². The molecule has 0 aliphatic heterocycles. The fourth-order valence-electron chi connectivity index (χ4n) is 2.25. The molecule has 0 spiro atoms. The van der Waals surface area contributed by atoms with Gasteiger partial charge in [0.05, 0.1) is 12.9 Å². The van der Waals surface area contributed by atoms with Gasteiger partial charge in [0, 0.05) is 21.0 Å². The highest BCUT2D eigenvalue weighted by molar-refractivity contribution is 8.00.